The first kappa shape index (κ1) is 31.9. The molecule has 1 aromatic heterocycles. The number of fused-ring (bicyclic) bond motifs is 2. The van der Waals surface area contributed by atoms with E-state index in [1.165, 1.54) is 100 Å². The SMILES string of the molecule is C#C/C=C\C=C/Cc1sc2cc/c(=c3\ccc4c(\c3=C\C)C(CCCC)C(C)=C(c3ccccc3)S4)c(=C)c2c1CCCC. The third kappa shape index (κ3) is 6.46. The van der Waals surface area contributed by atoms with Crippen molar-refractivity contribution in [2.24, 2.45) is 0 Å². The van der Waals surface area contributed by atoms with Crippen molar-refractivity contribution in [3.05, 3.63) is 127 Å². The second kappa shape index (κ2) is 15.0. The molecular weight excluding hydrogens is 569 g/mol. The fraction of sp³-hybridized carbons (Fsp3) is 0.286. The first-order valence-corrected chi connectivity index (χ1v) is 17.7. The van der Waals surface area contributed by atoms with E-state index in [-0.39, 0.29) is 0 Å². The molecule has 1 unspecified atom stereocenters. The van der Waals surface area contributed by atoms with Crippen LogP contribution in [0.5, 0.6) is 0 Å². The second-order valence-electron chi connectivity index (χ2n) is 11.6. The predicted octanol–water partition coefficient (Wildman–Crippen LogP) is 10.8. The standard InChI is InChI=1S/C42H44S2/c1-7-11-14-15-19-24-37-36(23-13-9-3)40-29(5)33(25-27-38(40)43-37)35-26-28-39-41(32(35)10-4)34(22-12-8-2)30(6)42(44-39)31-20-17-16-18-21-31/h1,10-11,14-21,25-28,34H,5,8-9,12-13,22-24H2,2-4,6H3/b14-11-,19-15-,32-10+,35-33-. The maximum Gasteiger partial charge on any atom is 0.0354 e. The Balaban J connectivity index is 1.74. The highest BCUT2D eigenvalue weighted by atomic mass is 32.2. The van der Waals surface area contributed by atoms with Gasteiger partial charge in [0.15, 0.2) is 0 Å². The normalized spacial score (nSPS) is 16.3. The molecule has 4 aromatic rings. The summed E-state index contributed by atoms with van der Waals surface area (Å²) in [7, 11) is 0. The summed E-state index contributed by atoms with van der Waals surface area (Å²) in [6, 6.07) is 20.3. The smallest absolute Gasteiger partial charge is 0.0354 e. The number of benzene rings is 3. The van der Waals surface area contributed by atoms with Crippen LogP contribution in [0.1, 0.15) is 87.3 Å². The molecule has 0 fully saturated rings. The molecule has 1 aliphatic rings. The molecule has 224 valence electrons. The summed E-state index contributed by atoms with van der Waals surface area (Å²) in [6.45, 7) is 13.9. The van der Waals surface area contributed by atoms with Crippen LogP contribution in [0.3, 0.4) is 0 Å². The van der Waals surface area contributed by atoms with Crippen molar-refractivity contribution in [2.75, 3.05) is 0 Å². The number of hydrogen-bond donors (Lipinski definition) is 0. The average molecular weight is 613 g/mol. The summed E-state index contributed by atoms with van der Waals surface area (Å²) in [4.78, 5) is 4.26. The van der Waals surface area contributed by atoms with Crippen LogP contribution in [0.4, 0.5) is 0 Å². The van der Waals surface area contributed by atoms with Gasteiger partial charge in [-0.05, 0) is 88.9 Å². The van der Waals surface area contributed by atoms with Gasteiger partial charge in [0.2, 0.25) is 0 Å². The van der Waals surface area contributed by atoms with Crippen molar-refractivity contribution in [3.63, 3.8) is 0 Å². The topological polar surface area (TPSA) is 0 Å². The van der Waals surface area contributed by atoms with Crippen LogP contribution in [0, 0.1) is 22.8 Å². The highest BCUT2D eigenvalue weighted by molar-refractivity contribution is 8.08. The zero-order valence-electron chi connectivity index (χ0n) is 26.7. The van der Waals surface area contributed by atoms with Crippen LogP contribution in [0.25, 0.3) is 27.6 Å². The Hall–Kier alpha value is -3.51. The summed E-state index contributed by atoms with van der Waals surface area (Å²) in [6.07, 6.45) is 23.7. The maximum atomic E-state index is 5.37. The molecule has 0 bridgehead atoms. The zero-order valence-corrected chi connectivity index (χ0v) is 28.3. The minimum absolute atomic E-state index is 0.410. The molecule has 2 heterocycles. The molecule has 0 saturated carbocycles. The summed E-state index contributed by atoms with van der Waals surface area (Å²) in [5.74, 6) is 2.98. The lowest BCUT2D eigenvalue weighted by Gasteiger charge is -2.30. The van der Waals surface area contributed by atoms with Gasteiger partial charge in [0.05, 0.1) is 0 Å². The van der Waals surface area contributed by atoms with Crippen molar-refractivity contribution in [1.29, 1.82) is 0 Å². The third-order valence-electron chi connectivity index (χ3n) is 8.82. The molecule has 0 saturated heterocycles. The number of terminal acetylenes is 1. The summed E-state index contributed by atoms with van der Waals surface area (Å²) < 4.78 is 1.34. The lowest BCUT2D eigenvalue weighted by Crippen LogP contribution is -2.22. The van der Waals surface area contributed by atoms with Crippen molar-refractivity contribution in [1.82, 2.24) is 0 Å². The number of unbranched alkanes of at least 4 members (excludes halogenated alkanes) is 2. The van der Waals surface area contributed by atoms with E-state index < -0.39 is 0 Å². The van der Waals surface area contributed by atoms with Gasteiger partial charge in [-0.25, -0.2) is 0 Å². The van der Waals surface area contributed by atoms with Gasteiger partial charge in [0.1, 0.15) is 0 Å². The Morgan fingerprint density at radius 1 is 0.955 bits per heavy atom. The molecule has 0 spiro atoms. The Labute approximate surface area is 272 Å². The van der Waals surface area contributed by atoms with E-state index >= 15 is 0 Å². The molecule has 0 aliphatic carbocycles. The van der Waals surface area contributed by atoms with E-state index in [2.05, 4.69) is 106 Å². The Bertz CT molecular complexity index is 1980. The summed E-state index contributed by atoms with van der Waals surface area (Å²) in [5, 5.41) is 6.48. The first-order chi connectivity index (χ1) is 21.5. The molecule has 2 heteroatoms. The molecule has 1 aliphatic heterocycles. The number of allylic oxidation sites excluding steroid dienone is 5. The lowest BCUT2D eigenvalue weighted by molar-refractivity contribution is 0.632. The lowest BCUT2D eigenvalue weighted by atomic mass is 9.84. The van der Waals surface area contributed by atoms with E-state index in [1.807, 2.05) is 29.2 Å². The summed E-state index contributed by atoms with van der Waals surface area (Å²) >= 11 is 3.87. The van der Waals surface area contributed by atoms with Gasteiger partial charge in [-0.15, -0.1) is 17.8 Å². The van der Waals surface area contributed by atoms with Crippen LogP contribution in [-0.4, -0.2) is 0 Å². The Kier molecular flexibility index (Phi) is 10.9. The van der Waals surface area contributed by atoms with Crippen LogP contribution < -0.4 is 10.4 Å². The molecule has 0 amide bonds. The predicted molar refractivity (Wildman–Crippen MR) is 197 cm³/mol. The number of aryl methyl sites for hydroxylation is 1. The van der Waals surface area contributed by atoms with Gasteiger partial charge in [-0.2, -0.15) is 0 Å². The largest absolute Gasteiger partial charge is 0.140 e. The van der Waals surface area contributed by atoms with Crippen molar-refractivity contribution in [3.8, 4) is 12.3 Å². The number of thiophene rings is 1. The first-order valence-electron chi connectivity index (χ1n) is 16.1. The number of thioether (sulfide) groups is 1. The van der Waals surface area contributed by atoms with E-state index in [0.29, 0.717) is 5.92 Å². The second-order valence-corrected chi connectivity index (χ2v) is 13.8. The van der Waals surface area contributed by atoms with Crippen molar-refractivity contribution >= 4 is 50.7 Å². The zero-order chi connectivity index (χ0) is 31.1. The van der Waals surface area contributed by atoms with Gasteiger partial charge in [-0.1, -0.05) is 130 Å². The monoisotopic (exact) mass is 612 g/mol. The molecule has 0 nitrogen and oxygen atoms in total. The van der Waals surface area contributed by atoms with Gasteiger partial charge < -0.3 is 0 Å². The van der Waals surface area contributed by atoms with Crippen LogP contribution in [0.15, 0.2) is 89.4 Å². The highest BCUT2D eigenvalue weighted by Crippen LogP contribution is 2.49. The van der Waals surface area contributed by atoms with Gasteiger partial charge >= 0.3 is 0 Å². The molecular formula is C42H44S2. The molecule has 3 aromatic carbocycles. The Morgan fingerprint density at radius 3 is 2.45 bits per heavy atom. The molecule has 0 radical (unpaired) electrons. The van der Waals surface area contributed by atoms with Gasteiger partial charge in [-0.3, -0.25) is 0 Å². The van der Waals surface area contributed by atoms with Gasteiger partial charge in [0.25, 0.3) is 0 Å². The van der Waals surface area contributed by atoms with E-state index in [9.17, 15) is 0 Å². The molecule has 0 N–H and O–H groups in total. The molecule has 5 rings (SSSR count). The minimum Gasteiger partial charge on any atom is -0.140 e. The molecule has 44 heavy (non-hydrogen) atoms. The van der Waals surface area contributed by atoms with Crippen molar-refractivity contribution < 1.29 is 0 Å². The Morgan fingerprint density at radius 2 is 1.73 bits per heavy atom. The summed E-state index contributed by atoms with van der Waals surface area (Å²) in [5.41, 5.74) is 5.81. The minimum atomic E-state index is 0.410. The number of rotatable bonds is 10. The molecule has 1 atom stereocenters. The van der Waals surface area contributed by atoms with Crippen LogP contribution >= 0.6 is 23.1 Å². The fourth-order valence-corrected chi connectivity index (χ4v) is 9.13. The van der Waals surface area contributed by atoms with E-state index in [0.717, 1.165) is 12.8 Å². The highest BCUT2D eigenvalue weighted by Gasteiger charge is 2.27. The van der Waals surface area contributed by atoms with E-state index in [4.69, 9.17) is 13.0 Å². The fourth-order valence-electron chi connectivity index (χ4n) is 6.60. The third-order valence-corrected chi connectivity index (χ3v) is 11.4. The average Bonchev–Trinajstić information content (AvgIpc) is 3.41. The van der Waals surface area contributed by atoms with Crippen LogP contribution in [-0.2, 0) is 12.8 Å². The van der Waals surface area contributed by atoms with Crippen LogP contribution in [0.2, 0.25) is 0 Å². The van der Waals surface area contributed by atoms with E-state index in [1.54, 1.807) is 6.08 Å². The quantitative estimate of drug-likeness (QED) is 0.127. The van der Waals surface area contributed by atoms with Crippen molar-refractivity contribution in [2.45, 2.75) is 83.5 Å². The van der Waals surface area contributed by atoms with Gasteiger partial charge in [0, 0.05) is 37.1 Å². The number of hydrogen-bond acceptors (Lipinski definition) is 2. The maximum absolute atomic E-state index is 5.37.